The Morgan fingerprint density at radius 3 is 2.44 bits per heavy atom. The van der Waals surface area contributed by atoms with Gasteiger partial charge in [-0.1, -0.05) is 32.9 Å². The molecule has 2 heteroatoms. The molecule has 0 amide bonds. The van der Waals surface area contributed by atoms with Crippen LogP contribution in [0.4, 0.5) is 0 Å². The van der Waals surface area contributed by atoms with E-state index < -0.39 is 0 Å². The second kappa shape index (κ2) is 5.12. The van der Waals surface area contributed by atoms with Crippen LogP contribution in [0.1, 0.15) is 44.7 Å². The van der Waals surface area contributed by atoms with Crippen molar-refractivity contribution in [1.82, 2.24) is 5.32 Å². The van der Waals surface area contributed by atoms with Crippen molar-refractivity contribution in [3.05, 3.63) is 35.4 Å². The van der Waals surface area contributed by atoms with Crippen molar-refractivity contribution < 1.29 is 0 Å². The highest BCUT2D eigenvalue weighted by Gasteiger charge is 2.36. The first-order chi connectivity index (χ1) is 8.50. The first kappa shape index (κ1) is 13.1. The molecule has 0 aromatic heterocycles. The first-order valence-corrected chi connectivity index (χ1v) is 6.73. The van der Waals surface area contributed by atoms with Crippen LogP contribution in [-0.2, 0) is 6.54 Å². The summed E-state index contributed by atoms with van der Waals surface area (Å²) in [4.78, 5) is 0. The van der Waals surface area contributed by atoms with Crippen molar-refractivity contribution in [3.63, 3.8) is 0 Å². The molecule has 1 aliphatic carbocycles. The standard InChI is InChI=1S/C16H22N2/c1-12-8-16(2,3)9-15(12)18-11-14-6-4-13(10-17)5-7-14/h4-7,12,15,18H,8-9,11H2,1-3H3. The number of nitrogens with zero attached hydrogens (tertiary/aromatic N) is 1. The van der Waals surface area contributed by atoms with Gasteiger partial charge < -0.3 is 5.32 Å². The Morgan fingerprint density at radius 1 is 1.28 bits per heavy atom. The van der Waals surface area contributed by atoms with Crippen molar-refractivity contribution in [3.8, 4) is 6.07 Å². The third-order valence-corrected chi connectivity index (χ3v) is 3.99. The molecule has 1 aliphatic rings. The number of nitrogens with one attached hydrogen (secondary N) is 1. The molecule has 0 saturated heterocycles. The average Bonchev–Trinajstić information content (AvgIpc) is 2.60. The molecule has 1 N–H and O–H groups in total. The number of benzene rings is 1. The molecule has 1 aromatic carbocycles. The lowest BCUT2D eigenvalue weighted by atomic mass is 9.91. The molecule has 0 bridgehead atoms. The molecule has 0 heterocycles. The SMILES string of the molecule is CC1CC(C)(C)CC1NCc1ccc(C#N)cc1. The van der Waals surface area contributed by atoms with Gasteiger partial charge in [-0.05, 0) is 41.9 Å². The van der Waals surface area contributed by atoms with Crippen LogP contribution >= 0.6 is 0 Å². The van der Waals surface area contributed by atoms with Crippen LogP contribution in [0.5, 0.6) is 0 Å². The Hall–Kier alpha value is -1.33. The van der Waals surface area contributed by atoms with E-state index in [9.17, 15) is 0 Å². The van der Waals surface area contributed by atoms with E-state index in [0.29, 0.717) is 11.5 Å². The summed E-state index contributed by atoms with van der Waals surface area (Å²) < 4.78 is 0. The normalized spacial score (nSPS) is 25.9. The molecule has 2 unspecified atom stereocenters. The zero-order valence-corrected chi connectivity index (χ0v) is 11.5. The Morgan fingerprint density at radius 2 is 1.94 bits per heavy atom. The van der Waals surface area contributed by atoms with E-state index in [1.54, 1.807) is 0 Å². The third kappa shape index (κ3) is 3.11. The number of rotatable bonds is 3. The molecule has 2 rings (SSSR count). The lowest BCUT2D eigenvalue weighted by Gasteiger charge is -2.18. The average molecular weight is 242 g/mol. The second-order valence-corrected chi connectivity index (χ2v) is 6.35. The Balaban J connectivity index is 1.90. The van der Waals surface area contributed by atoms with E-state index >= 15 is 0 Å². The molecule has 2 nitrogen and oxygen atoms in total. The fraction of sp³-hybridized carbons (Fsp3) is 0.562. The van der Waals surface area contributed by atoms with Gasteiger partial charge in [0.05, 0.1) is 11.6 Å². The van der Waals surface area contributed by atoms with Crippen LogP contribution in [-0.4, -0.2) is 6.04 Å². The lowest BCUT2D eigenvalue weighted by molar-refractivity contribution is 0.362. The number of hydrogen-bond acceptors (Lipinski definition) is 2. The molecule has 1 fully saturated rings. The molecule has 1 saturated carbocycles. The minimum Gasteiger partial charge on any atom is -0.310 e. The maximum Gasteiger partial charge on any atom is 0.0991 e. The minimum absolute atomic E-state index is 0.474. The van der Waals surface area contributed by atoms with Crippen molar-refractivity contribution in [2.75, 3.05) is 0 Å². The predicted molar refractivity (Wildman–Crippen MR) is 74.0 cm³/mol. The fourth-order valence-corrected chi connectivity index (χ4v) is 3.11. The van der Waals surface area contributed by atoms with Gasteiger partial charge in [-0.15, -0.1) is 0 Å². The zero-order valence-electron chi connectivity index (χ0n) is 11.5. The molecule has 18 heavy (non-hydrogen) atoms. The van der Waals surface area contributed by atoms with Crippen LogP contribution in [0.25, 0.3) is 0 Å². The Labute approximate surface area is 110 Å². The van der Waals surface area contributed by atoms with Crippen molar-refractivity contribution in [2.24, 2.45) is 11.3 Å². The molecule has 2 atom stereocenters. The quantitative estimate of drug-likeness (QED) is 0.881. The fourth-order valence-electron chi connectivity index (χ4n) is 3.11. The molecule has 1 aromatic rings. The third-order valence-electron chi connectivity index (χ3n) is 3.99. The summed E-state index contributed by atoms with van der Waals surface area (Å²) in [7, 11) is 0. The number of nitriles is 1. The van der Waals surface area contributed by atoms with E-state index in [4.69, 9.17) is 5.26 Å². The molecular weight excluding hydrogens is 220 g/mol. The smallest absolute Gasteiger partial charge is 0.0991 e. The van der Waals surface area contributed by atoms with Gasteiger partial charge in [0.1, 0.15) is 0 Å². The van der Waals surface area contributed by atoms with Crippen LogP contribution in [0, 0.1) is 22.7 Å². The predicted octanol–water partition coefficient (Wildman–Crippen LogP) is 3.47. The summed E-state index contributed by atoms with van der Waals surface area (Å²) in [5, 5.41) is 12.4. The van der Waals surface area contributed by atoms with Gasteiger partial charge in [-0.2, -0.15) is 5.26 Å². The molecule has 0 radical (unpaired) electrons. The van der Waals surface area contributed by atoms with Crippen LogP contribution in [0.2, 0.25) is 0 Å². The summed E-state index contributed by atoms with van der Waals surface area (Å²) >= 11 is 0. The molecule has 96 valence electrons. The van der Waals surface area contributed by atoms with Gasteiger partial charge in [0.2, 0.25) is 0 Å². The van der Waals surface area contributed by atoms with Crippen LogP contribution in [0.3, 0.4) is 0 Å². The summed E-state index contributed by atoms with van der Waals surface area (Å²) in [6.07, 6.45) is 2.56. The van der Waals surface area contributed by atoms with Crippen LogP contribution in [0.15, 0.2) is 24.3 Å². The van der Waals surface area contributed by atoms with Gasteiger partial charge in [0.15, 0.2) is 0 Å². The second-order valence-electron chi connectivity index (χ2n) is 6.35. The van der Waals surface area contributed by atoms with Crippen molar-refractivity contribution in [2.45, 2.75) is 46.2 Å². The van der Waals surface area contributed by atoms with E-state index in [2.05, 4.69) is 32.2 Å². The molecular formula is C16H22N2. The molecule has 0 spiro atoms. The van der Waals surface area contributed by atoms with Gasteiger partial charge in [-0.25, -0.2) is 0 Å². The minimum atomic E-state index is 0.474. The van der Waals surface area contributed by atoms with Crippen molar-refractivity contribution in [1.29, 1.82) is 5.26 Å². The van der Waals surface area contributed by atoms with Gasteiger partial charge >= 0.3 is 0 Å². The first-order valence-electron chi connectivity index (χ1n) is 6.73. The van der Waals surface area contributed by atoms with E-state index in [1.165, 1.54) is 18.4 Å². The molecule has 0 aliphatic heterocycles. The Kier molecular flexibility index (Phi) is 3.73. The lowest BCUT2D eigenvalue weighted by Crippen LogP contribution is -2.31. The van der Waals surface area contributed by atoms with Gasteiger partial charge in [0, 0.05) is 12.6 Å². The zero-order chi connectivity index (χ0) is 13.2. The topological polar surface area (TPSA) is 35.8 Å². The van der Waals surface area contributed by atoms with Crippen molar-refractivity contribution >= 4 is 0 Å². The maximum absolute atomic E-state index is 8.76. The van der Waals surface area contributed by atoms with E-state index in [-0.39, 0.29) is 0 Å². The monoisotopic (exact) mass is 242 g/mol. The van der Waals surface area contributed by atoms with Gasteiger partial charge in [-0.3, -0.25) is 0 Å². The largest absolute Gasteiger partial charge is 0.310 e. The highest BCUT2D eigenvalue weighted by Crippen LogP contribution is 2.40. The van der Waals surface area contributed by atoms with Crippen LogP contribution < -0.4 is 5.32 Å². The van der Waals surface area contributed by atoms with Gasteiger partial charge in [0.25, 0.3) is 0 Å². The summed E-state index contributed by atoms with van der Waals surface area (Å²) in [5.41, 5.74) is 2.46. The Bertz CT molecular complexity index is 439. The summed E-state index contributed by atoms with van der Waals surface area (Å²) in [6.45, 7) is 7.95. The highest BCUT2D eigenvalue weighted by atomic mass is 14.9. The van der Waals surface area contributed by atoms with E-state index in [0.717, 1.165) is 18.0 Å². The highest BCUT2D eigenvalue weighted by molar-refractivity contribution is 5.31. The summed E-state index contributed by atoms with van der Waals surface area (Å²) in [5.74, 6) is 0.749. The maximum atomic E-state index is 8.76. The van der Waals surface area contributed by atoms with E-state index in [1.807, 2.05) is 24.3 Å². The summed E-state index contributed by atoms with van der Waals surface area (Å²) in [6, 6.07) is 10.6. The number of hydrogen-bond donors (Lipinski definition) is 1.